The quantitative estimate of drug-likeness (QED) is 0.651. The van der Waals surface area contributed by atoms with Crippen molar-refractivity contribution >= 4 is 34.2 Å². The van der Waals surface area contributed by atoms with Crippen molar-refractivity contribution in [1.82, 2.24) is 0 Å². The normalized spacial score (nSPS) is 20.1. The van der Waals surface area contributed by atoms with E-state index in [1.54, 1.807) is 13.0 Å². The van der Waals surface area contributed by atoms with E-state index in [1.807, 2.05) is 13.0 Å². The van der Waals surface area contributed by atoms with Crippen LogP contribution in [0.25, 0.3) is 0 Å². The maximum absolute atomic E-state index is 12.5. The number of carbonyl (C=O) groups is 3. The summed E-state index contributed by atoms with van der Waals surface area (Å²) < 4.78 is 4.77. The Bertz CT molecular complexity index is 676. The number of anilines is 1. The van der Waals surface area contributed by atoms with Crippen LogP contribution in [-0.2, 0) is 14.3 Å². The lowest BCUT2D eigenvalue weighted by atomic mass is 9.82. The summed E-state index contributed by atoms with van der Waals surface area (Å²) >= 11 is 1.29. The van der Waals surface area contributed by atoms with Gasteiger partial charge in [0.05, 0.1) is 24.5 Å². The molecule has 1 aromatic rings. The van der Waals surface area contributed by atoms with Crippen molar-refractivity contribution in [2.75, 3.05) is 12.4 Å². The topological polar surface area (TPSA) is 92.7 Å². The maximum Gasteiger partial charge on any atom is 0.341 e. The predicted octanol–water partition coefficient (Wildman–Crippen LogP) is 2.76. The van der Waals surface area contributed by atoms with Gasteiger partial charge < -0.3 is 15.2 Å². The zero-order valence-electron chi connectivity index (χ0n) is 13.2. The van der Waals surface area contributed by atoms with E-state index in [1.165, 1.54) is 18.4 Å². The molecule has 23 heavy (non-hydrogen) atoms. The van der Waals surface area contributed by atoms with Crippen LogP contribution < -0.4 is 5.32 Å². The Morgan fingerprint density at radius 1 is 1.22 bits per heavy atom. The highest BCUT2D eigenvalue weighted by molar-refractivity contribution is 7.16. The Balaban J connectivity index is 2.27. The van der Waals surface area contributed by atoms with Crippen LogP contribution in [0.5, 0.6) is 0 Å². The number of esters is 1. The number of aryl methyl sites for hydroxylation is 1. The molecule has 1 amide bonds. The van der Waals surface area contributed by atoms with Gasteiger partial charge in [-0.3, -0.25) is 9.59 Å². The van der Waals surface area contributed by atoms with Gasteiger partial charge in [0.1, 0.15) is 5.00 Å². The molecule has 7 heteroatoms. The molecule has 2 rings (SSSR count). The Hall–Kier alpha value is -2.15. The molecule has 124 valence electrons. The van der Waals surface area contributed by atoms with E-state index >= 15 is 0 Å². The van der Waals surface area contributed by atoms with Crippen molar-refractivity contribution in [1.29, 1.82) is 0 Å². The molecule has 1 aliphatic carbocycles. The fourth-order valence-electron chi connectivity index (χ4n) is 2.64. The number of thiophene rings is 1. The lowest BCUT2D eigenvalue weighted by molar-refractivity contribution is -0.146. The first-order valence-corrected chi connectivity index (χ1v) is 8.05. The number of nitrogens with one attached hydrogen (secondary N) is 1. The van der Waals surface area contributed by atoms with Crippen molar-refractivity contribution in [3.8, 4) is 0 Å². The monoisotopic (exact) mass is 337 g/mol. The van der Waals surface area contributed by atoms with Gasteiger partial charge in [-0.2, -0.15) is 0 Å². The zero-order valence-corrected chi connectivity index (χ0v) is 14.0. The summed E-state index contributed by atoms with van der Waals surface area (Å²) in [4.78, 5) is 36.7. The molecule has 2 N–H and O–H groups in total. The molecule has 0 saturated carbocycles. The number of ether oxygens (including phenoxy) is 1. The molecule has 0 fully saturated rings. The van der Waals surface area contributed by atoms with Gasteiger partial charge in [0.15, 0.2) is 0 Å². The average molecular weight is 337 g/mol. The van der Waals surface area contributed by atoms with E-state index in [-0.39, 0.29) is 5.91 Å². The molecule has 0 radical (unpaired) electrons. The van der Waals surface area contributed by atoms with E-state index in [9.17, 15) is 19.5 Å². The van der Waals surface area contributed by atoms with Crippen LogP contribution >= 0.6 is 11.3 Å². The second kappa shape index (κ2) is 6.95. The highest BCUT2D eigenvalue weighted by Crippen LogP contribution is 2.34. The largest absolute Gasteiger partial charge is 0.481 e. The van der Waals surface area contributed by atoms with E-state index in [4.69, 9.17) is 4.74 Å². The number of hydrogen-bond acceptors (Lipinski definition) is 5. The van der Waals surface area contributed by atoms with Gasteiger partial charge in [0.25, 0.3) is 0 Å². The molecule has 1 aromatic heterocycles. The molecule has 0 bridgehead atoms. The maximum atomic E-state index is 12.5. The molecule has 0 aromatic carbocycles. The van der Waals surface area contributed by atoms with Gasteiger partial charge in [-0.25, -0.2) is 4.79 Å². The minimum absolute atomic E-state index is 0.333. The second-order valence-corrected chi connectivity index (χ2v) is 6.69. The zero-order chi connectivity index (χ0) is 17.1. The van der Waals surface area contributed by atoms with Crippen LogP contribution in [0.2, 0.25) is 0 Å². The van der Waals surface area contributed by atoms with Crippen LogP contribution in [0, 0.1) is 25.7 Å². The lowest BCUT2D eigenvalue weighted by Crippen LogP contribution is -2.34. The van der Waals surface area contributed by atoms with Crippen molar-refractivity contribution in [2.24, 2.45) is 11.8 Å². The average Bonchev–Trinajstić information content (AvgIpc) is 2.80. The van der Waals surface area contributed by atoms with E-state index in [0.717, 1.165) is 10.4 Å². The first-order chi connectivity index (χ1) is 10.9. The number of rotatable bonds is 4. The minimum atomic E-state index is -0.985. The molecule has 6 nitrogen and oxygen atoms in total. The molecule has 0 spiro atoms. The fraction of sp³-hybridized carbons (Fsp3) is 0.438. The molecule has 1 aliphatic rings. The van der Waals surface area contributed by atoms with E-state index in [0.29, 0.717) is 23.4 Å². The first kappa shape index (κ1) is 17.2. The number of aliphatic carboxylic acids is 1. The number of carboxylic acids is 1. The molecule has 0 aliphatic heterocycles. The number of carbonyl (C=O) groups excluding carboxylic acids is 2. The van der Waals surface area contributed by atoms with Gasteiger partial charge in [0.2, 0.25) is 5.91 Å². The second-order valence-electron chi connectivity index (χ2n) is 5.46. The van der Waals surface area contributed by atoms with Crippen molar-refractivity contribution in [3.05, 3.63) is 28.2 Å². The standard InChI is InChI=1S/C16H19NO5S/c1-8-9(2)23-14(12(8)16(21)22-3)17-13(18)10-6-4-5-7-11(10)15(19)20/h4-5,10-11H,6-7H2,1-3H3,(H,17,18)(H,19,20)/t10-,11+/m0/s1. The smallest absolute Gasteiger partial charge is 0.341 e. The van der Waals surface area contributed by atoms with Crippen LogP contribution in [0.4, 0.5) is 5.00 Å². The molecule has 1 heterocycles. The van der Waals surface area contributed by atoms with Gasteiger partial charge in [-0.05, 0) is 32.3 Å². The van der Waals surface area contributed by atoms with E-state index in [2.05, 4.69) is 5.32 Å². The predicted molar refractivity (Wildman–Crippen MR) is 86.8 cm³/mol. The number of methoxy groups -OCH3 is 1. The summed E-state index contributed by atoms with van der Waals surface area (Å²) in [6.07, 6.45) is 4.30. The van der Waals surface area contributed by atoms with Crippen LogP contribution in [0.15, 0.2) is 12.2 Å². The van der Waals surface area contributed by atoms with Crippen LogP contribution in [0.1, 0.15) is 33.6 Å². The van der Waals surface area contributed by atoms with Crippen molar-refractivity contribution in [3.63, 3.8) is 0 Å². The van der Waals surface area contributed by atoms with Crippen molar-refractivity contribution < 1.29 is 24.2 Å². The third-order valence-electron chi connectivity index (χ3n) is 4.10. The fourth-order valence-corrected chi connectivity index (χ4v) is 3.70. The van der Waals surface area contributed by atoms with Crippen LogP contribution in [0.3, 0.4) is 0 Å². The number of allylic oxidation sites excluding steroid dienone is 2. The first-order valence-electron chi connectivity index (χ1n) is 7.23. The Kier molecular flexibility index (Phi) is 5.20. The van der Waals surface area contributed by atoms with Crippen LogP contribution in [-0.4, -0.2) is 30.1 Å². The van der Waals surface area contributed by atoms with Gasteiger partial charge >= 0.3 is 11.9 Å². The number of hydrogen-bond donors (Lipinski definition) is 2. The summed E-state index contributed by atoms with van der Waals surface area (Å²) in [6, 6.07) is 0. The minimum Gasteiger partial charge on any atom is -0.481 e. The van der Waals surface area contributed by atoms with Gasteiger partial charge in [-0.1, -0.05) is 12.2 Å². The van der Waals surface area contributed by atoms with E-state index < -0.39 is 23.8 Å². The summed E-state index contributed by atoms with van der Waals surface area (Å²) in [6.45, 7) is 3.64. The van der Waals surface area contributed by atoms with Gasteiger partial charge in [-0.15, -0.1) is 11.3 Å². The molecule has 2 atom stereocenters. The van der Waals surface area contributed by atoms with Crippen molar-refractivity contribution in [2.45, 2.75) is 26.7 Å². The Labute approximate surface area is 138 Å². The third kappa shape index (κ3) is 3.44. The highest BCUT2D eigenvalue weighted by Gasteiger charge is 2.35. The summed E-state index contributed by atoms with van der Waals surface area (Å²) in [7, 11) is 1.28. The number of amides is 1. The molecular weight excluding hydrogens is 318 g/mol. The lowest BCUT2D eigenvalue weighted by Gasteiger charge is -2.24. The number of carboxylic acid groups (broad SMARTS) is 1. The SMILES string of the molecule is COC(=O)c1c(NC(=O)[C@H]2CC=CC[C@H]2C(=O)O)sc(C)c1C. The third-order valence-corrected chi connectivity index (χ3v) is 5.22. The van der Waals surface area contributed by atoms with Gasteiger partial charge in [0, 0.05) is 4.88 Å². The highest BCUT2D eigenvalue weighted by atomic mass is 32.1. The Morgan fingerprint density at radius 2 is 1.83 bits per heavy atom. The molecular formula is C16H19NO5S. The molecule has 0 unspecified atom stereocenters. The molecule has 0 saturated heterocycles. The summed E-state index contributed by atoms with van der Waals surface area (Å²) in [5.41, 5.74) is 1.09. The summed E-state index contributed by atoms with van der Waals surface area (Å²) in [5, 5.41) is 12.4. The summed E-state index contributed by atoms with van der Waals surface area (Å²) in [5.74, 6) is -3.27. The Morgan fingerprint density at radius 3 is 2.39 bits per heavy atom.